The molecule has 0 saturated carbocycles. The molecule has 0 aromatic rings. The summed E-state index contributed by atoms with van der Waals surface area (Å²) in [5, 5.41) is 9.02. The molecule has 0 bridgehead atoms. The van der Waals surface area contributed by atoms with Gasteiger partial charge in [-0.15, -0.1) is 0 Å². The highest BCUT2D eigenvalue weighted by atomic mass is 16.5. The second kappa shape index (κ2) is 6.01. The topological polar surface area (TPSA) is 55.5 Å². The van der Waals surface area contributed by atoms with Crippen LogP contribution in [0.2, 0.25) is 0 Å². The van der Waals surface area contributed by atoms with Gasteiger partial charge in [0.05, 0.1) is 6.10 Å². The van der Waals surface area contributed by atoms with Gasteiger partial charge < -0.3 is 15.6 Å². The van der Waals surface area contributed by atoms with E-state index in [0.29, 0.717) is 26.0 Å². The largest absolute Gasteiger partial charge is 0.393 e. The Balaban J connectivity index is 2.95. The first-order valence-corrected chi connectivity index (χ1v) is 3.18. The van der Waals surface area contributed by atoms with E-state index in [9.17, 15) is 0 Å². The summed E-state index contributed by atoms with van der Waals surface area (Å²) >= 11 is 0. The molecule has 0 aliphatic rings. The van der Waals surface area contributed by atoms with Gasteiger partial charge in [-0.1, -0.05) is 0 Å². The first-order chi connectivity index (χ1) is 4.31. The van der Waals surface area contributed by atoms with Crippen molar-refractivity contribution in [2.75, 3.05) is 20.3 Å². The number of methoxy groups -OCH3 is 1. The SMILES string of the molecule is COCC[C@@H](O)CCN. The molecule has 3 heteroatoms. The number of aliphatic hydroxyl groups excluding tert-OH is 1. The highest BCUT2D eigenvalue weighted by Gasteiger charge is 1.99. The number of nitrogens with two attached hydrogens (primary N) is 1. The summed E-state index contributed by atoms with van der Waals surface area (Å²) in [6.07, 6.45) is 1.08. The summed E-state index contributed by atoms with van der Waals surface area (Å²) in [6, 6.07) is 0. The quantitative estimate of drug-likeness (QED) is 0.543. The van der Waals surface area contributed by atoms with Gasteiger partial charge >= 0.3 is 0 Å². The fraction of sp³-hybridized carbons (Fsp3) is 1.00. The van der Waals surface area contributed by atoms with E-state index in [1.807, 2.05) is 0 Å². The molecule has 0 aromatic heterocycles. The summed E-state index contributed by atoms with van der Waals surface area (Å²) in [4.78, 5) is 0. The maximum absolute atomic E-state index is 9.02. The molecule has 9 heavy (non-hydrogen) atoms. The average Bonchev–Trinajstić information content (AvgIpc) is 1.85. The second-order valence-electron chi connectivity index (χ2n) is 2.01. The molecule has 0 radical (unpaired) electrons. The van der Waals surface area contributed by atoms with Crippen molar-refractivity contribution in [3.05, 3.63) is 0 Å². The van der Waals surface area contributed by atoms with Gasteiger partial charge in [-0.05, 0) is 19.4 Å². The number of aliphatic hydroxyl groups is 1. The summed E-state index contributed by atoms with van der Waals surface area (Å²) in [5.74, 6) is 0. The predicted octanol–water partition coefficient (Wildman–Crippen LogP) is -0.267. The lowest BCUT2D eigenvalue weighted by molar-refractivity contribution is 0.106. The van der Waals surface area contributed by atoms with E-state index < -0.39 is 0 Å². The molecule has 0 aliphatic carbocycles. The number of hydrogen-bond donors (Lipinski definition) is 2. The van der Waals surface area contributed by atoms with Crippen molar-refractivity contribution < 1.29 is 9.84 Å². The molecule has 0 aromatic carbocycles. The first-order valence-electron chi connectivity index (χ1n) is 3.18. The van der Waals surface area contributed by atoms with E-state index >= 15 is 0 Å². The van der Waals surface area contributed by atoms with Gasteiger partial charge in [0, 0.05) is 13.7 Å². The standard InChI is InChI=1S/C6H15NO2/c1-9-5-3-6(8)2-4-7/h6,8H,2-5,7H2,1H3/t6-/m0/s1. The van der Waals surface area contributed by atoms with Crippen LogP contribution in [-0.2, 0) is 4.74 Å². The van der Waals surface area contributed by atoms with Crippen molar-refractivity contribution in [2.45, 2.75) is 18.9 Å². The zero-order chi connectivity index (χ0) is 7.11. The molecule has 0 heterocycles. The van der Waals surface area contributed by atoms with E-state index in [-0.39, 0.29) is 6.10 Å². The summed E-state index contributed by atoms with van der Waals surface area (Å²) in [5.41, 5.74) is 5.20. The third-order valence-electron chi connectivity index (χ3n) is 1.16. The minimum Gasteiger partial charge on any atom is -0.393 e. The zero-order valence-corrected chi connectivity index (χ0v) is 5.84. The van der Waals surface area contributed by atoms with Crippen LogP contribution in [0.3, 0.4) is 0 Å². The van der Waals surface area contributed by atoms with Crippen LogP contribution in [-0.4, -0.2) is 31.5 Å². The van der Waals surface area contributed by atoms with Crippen LogP contribution in [0, 0.1) is 0 Å². The molecule has 0 fully saturated rings. The molecular formula is C6H15NO2. The Hall–Kier alpha value is -0.120. The van der Waals surface area contributed by atoms with Crippen LogP contribution >= 0.6 is 0 Å². The van der Waals surface area contributed by atoms with Gasteiger partial charge in [-0.3, -0.25) is 0 Å². The van der Waals surface area contributed by atoms with Crippen LogP contribution in [0.1, 0.15) is 12.8 Å². The molecule has 0 aliphatic heterocycles. The van der Waals surface area contributed by atoms with E-state index in [2.05, 4.69) is 0 Å². The monoisotopic (exact) mass is 133 g/mol. The van der Waals surface area contributed by atoms with Crippen LogP contribution in [0.4, 0.5) is 0 Å². The minimum atomic E-state index is -0.282. The predicted molar refractivity (Wildman–Crippen MR) is 36.2 cm³/mol. The molecule has 3 N–H and O–H groups in total. The van der Waals surface area contributed by atoms with Crippen molar-refractivity contribution in [3.8, 4) is 0 Å². The van der Waals surface area contributed by atoms with E-state index in [1.54, 1.807) is 7.11 Å². The van der Waals surface area contributed by atoms with Gasteiger partial charge in [0.1, 0.15) is 0 Å². The highest BCUT2D eigenvalue weighted by Crippen LogP contribution is 1.94. The highest BCUT2D eigenvalue weighted by molar-refractivity contribution is 4.54. The van der Waals surface area contributed by atoms with E-state index in [1.165, 1.54) is 0 Å². The summed E-state index contributed by atoms with van der Waals surface area (Å²) < 4.78 is 4.76. The Kier molecular flexibility index (Phi) is 5.93. The zero-order valence-electron chi connectivity index (χ0n) is 5.84. The Morgan fingerprint density at radius 2 is 2.22 bits per heavy atom. The Labute approximate surface area is 55.8 Å². The molecular weight excluding hydrogens is 118 g/mol. The lowest BCUT2D eigenvalue weighted by atomic mass is 10.2. The van der Waals surface area contributed by atoms with Gasteiger partial charge in [-0.2, -0.15) is 0 Å². The average molecular weight is 133 g/mol. The minimum absolute atomic E-state index is 0.282. The molecule has 56 valence electrons. The van der Waals surface area contributed by atoms with Crippen molar-refractivity contribution in [3.63, 3.8) is 0 Å². The fourth-order valence-electron chi connectivity index (χ4n) is 0.591. The fourth-order valence-corrected chi connectivity index (χ4v) is 0.591. The van der Waals surface area contributed by atoms with E-state index in [0.717, 1.165) is 0 Å². The maximum atomic E-state index is 9.02. The van der Waals surface area contributed by atoms with Crippen molar-refractivity contribution in [2.24, 2.45) is 5.73 Å². The van der Waals surface area contributed by atoms with Gasteiger partial charge in [0.2, 0.25) is 0 Å². The first kappa shape index (κ1) is 8.88. The molecule has 3 nitrogen and oxygen atoms in total. The number of ether oxygens (including phenoxy) is 1. The molecule has 0 rings (SSSR count). The molecule has 0 saturated heterocycles. The molecule has 1 atom stereocenters. The summed E-state index contributed by atoms with van der Waals surface area (Å²) in [6.45, 7) is 1.16. The van der Waals surface area contributed by atoms with Crippen molar-refractivity contribution >= 4 is 0 Å². The maximum Gasteiger partial charge on any atom is 0.0574 e. The van der Waals surface area contributed by atoms with E-state index in [4.69, 9.17) is 15.6 Å². The normalized spacial score (nSPS) is 13.7. The van der Waals surface area contributed by atoms with Crippen LogP contribution in [0.25, 0.3) is 0 Å². The van der Waals surface area contributed by atoms with Gasteiger partial charge in [-0.25, -0.2) is 0 Å². The lowest BCUT2D eigenvalue weighted by Gasteiger charge is -2.06. The van der Waals surface area contributed by atoms with Gasteiger partial charge in [0.15, 0.2) is 0 Å². The molecule has 0 spiro atoms. The van der Waals surface area contributed by atoms with Crippen LogP contribution in [0.5, 0.6) is 0 Å². The van der Waals surface area contributed by atoms with Crippen LogP contribution < -0.4 is 5.73 Å². The Morgan fingerprint density at radius 1 is 1.56 bits per heavy atom. The number of hydrogen-bond acceptors (Lipinski definition) is 3. The lowest BCUT2D eigenvalue weighted by Crippen LogP contribution is -2.14. The second-order valence-corrected chi connectivity index (χ2v) is 2.01. The van der Waals surface area contributed by atoms with Crippen molar-refractivity contribution in [1.82, 2.24) is 0 Å². The van der Waals surface area contributed by atoms with Crippen LogP contribution in [0.15, 0.2) is 0 Å². The van der Waals surface area contributed by atoms with Crippen molar-refractivity contribution in [1.29, 1.82) is 0 Å². The molecule has 0 amide bonds. The third-order valence-corrected chi connectivity index (χ3v) is 1.16. The smallest absolute Gasteiger partial charge is 0.0574 e. The Bertz CT molecular complexity index is 59.0. The number of rotatable bonds is 5. The summed E-state index contributed by atoms with van der Waals surface area (Å²) in [7, 11) is 1.62. The third kappa shape index (κ3) is 5.76. The van der Waals surface area contributed by atoms with Gasteiger partial charge in [0.25, 0.3) is 0 Å². The Morgan fingerprint density at radius 3 is 2.67 bits per heavy atom. The molecule has 0 unspecified atom stereocenters.